The average molecular weight is 352 g/mol. The minimum atomic E-state index is -0.207. The molecule has 4 nitrogen and oxygen atoms in total. The van der Waals surface area contributed by atoms with Crippen LogP contribution in [0.2, 0.25) is 0 Å². The Morgan fingerprint density at radius 1 is 1.12 bits per heavy atom. The highest BCUT2D eigenvalue weighted by molar-refractivity contribution is 7.15. The Kier molecular flexibility index (Phi) is 5.46. The number of thiazole rings is 1. The van der Waals surface area contributed by atoms with E-state index in [0.717, 1.165) is 22.6 Å². The van der Waals surface area contributed by atoms with Gasteiger partial charge in [0.15, 0.2) is 11.7 Å². The standard InChI is InChI=1S/C20H20N2O2S/c1-14-7-6-10-17(11-14)24-13-19(23)22-20-21-15(2)18(25-20)12-16-8-4-3-5-9-16/h3-11H,12-13H2,1-2H3,(H,21,22,23). The lowest BCUT2D eigenvalue weighted by molar-refractivity contribution is -0.118. The summed E-state index contributed by atoms with van der Waals surface area (Å²) < 4.78 is 5.52. The fraction of sp³-hybridized carbons (Fsp3) is 0.200. The molecule has 0 aliphatic rings. The first kappa shape index (κ1) is 17.2. The first-order valence-corrected chi connectivity index (χ1v) is 8.91. The van der Waals surface area contributed by atoms with Gasteiger partial charge in [0.1, 0.15) is 5.75 Å². The molecular weight excluding hydrogens is 332 g/mol. The van der Waals surface area contributed by atoms with E-state index in [-0.39, 0.29) is 12.5 Å². The minimum absolute atomic E-state index is 0.0316. The van der Waals surface area contributed by atoms with Crippen LogP contribution in [0.3, 0.4) is 0 Å². The Labute approximate surface area is 151 Å². The molecule has 0 aliphatic heterocycles. The summed E-state index contributed by atoms with van der Waals surface area (Å²) in [5, 5.41) is 3.43. The van der Waals surface area contributed by atoms with Crippen molar-refractivity contribution in [2.75, 3.05) is 11.9 Å². The van der Waals surface area contributed by atoms with E-state index in [0.29, 0.717) is 10.9 Å². The van der Waals surface area contributed by atoms with Crippen molar-refractivity contribution in [1.29, 1.82) is 0 Å². The van der Waals surface area contributed by atoms with Crippen LogP contribution < -0.4 is 10.1 Å². The van der Waals surface area contributed by atoms with Crippen LogP contribution in [0, 0.1) is 13.8 Å². The van der Waals surface area contributed by atoms with E-state index in [1.54, 1.807) is 0 Å². The van der Waals surface area contributed by atoms with Gasteiger partial charge in [-0.05, 0) is 37.1 Å². The molecule has 1 aromatic heterocycles. The maximum atomic E-state index is 12.1. The maximum Gasteiger partial charge on any atom is 0.264 e. The number of aryl methyl sites for hydroxylation is 2. The number of carbonyl (C=O) groups is 1. The first-order chi connectivity index (χ1) is 12.1. The molecule has 0 saturated carbocycles. The molecule has 3 rings (SSSR count). The van der Waals surface area contributed by atoms with Crippen LogP contribution in [-0.4, -0.2) is 17.5 Å². The molecule has 1 N–H and O–H groups in total. The van der Waals surface area contributed by atoms with Crippen LogP contribution in [0.1, 0.15) is 21.7 Å². The van der Waals surface area contributed by atoms with Crippen molar-refractivity contribution in [3.63, 3.8) is 0 Å². The van der Waals surface area contributed by atoms with Gasteiger partial charge in [0.25, 0.3) is 5.91 Å². The van der Waals surface area contributed by atoms with Crippen LogP contribution in [0.4, 0.5) is 5.13 Å². The summed E-state index contributed by atoms with van der Waals surface area (Å²) in [4.78, 5) is 17.7. The highest BCUT2D eigenvalue weighted by atomic mass is 32.1. The molecule has 0 atom stereocenters. The van der Waals surface area contributed by atoms with E-state index in [9.17, 15) is 4.79 Å². The van der Waals surface area contributed by atoms with E-state index in [4.69, 9.17) is 4.74 Å². The number of ether oxygens (including phenoxy) is 1. The number of hydrogen-bond acceptors (Lipinski definition) is 4. The Hall–Kier alpha value is -2.66. The van der Waals surface area contributed by atoms with Crippen LogP contribution in [0.15, 0.2) is 54.6 Å². The van der Waals surface area contributed by atoms with Crippen molar-refractivity contribution in [3.05, 3.63) is 76.3 Å². The summed E-state index contributed by atoms with van der Waals surface area (Å²) in [6, 6.07) is 17.9. The third-order valence-corrected chi connectivity index (χ3v) is 4.78. The van der Waals surface area contributed by atoms with Crippen molar-refractivity contribution in [3.8, 4) is 5.75 Å². The third kappa shape index (κ3) is 4.90. The van der Waals surface area contributed by atoms with Gasteiger partial charge in [0.05, 0.1) is 5.69 Å². The molecule has 25 heavy (non-hydrogen) atoms. The molecule has 128 valence electrons. The predicted molar refractivity (Wildman–Crippen MR) is 101 cm³/mol. The minimum Gasteiger partial charge on any atom is -0.484 e. The van der Waals surface area contributed by atoms with E-state index >= 15 is 0 Å². The van der Waals surface area contributed by atoms with Crippen LogP contribution >= 0.6 is 11.3 Å². The van der Waals surface area contributed by atoms with Gasteiger partial charge < -0.3 is 4.74 Å². The number of nitrogens with zero attached hydrogens (tertiary/aromatic N) is 1. The van der Waals surface area contributed by atoms with Gasteiger partial charge in [-0.25, -0.2) is 4.98 Å². The van der Waals surface area contributed by atoms with Gasteiger partial charge in [0, 0.05) is 11.3 Å². The van der Waals surface area contributed by atoms with Gasteiger partial charge in [-0.1, -0.05) is 42.5 Å². The molecule has 0 saturated heterocycles. The normalized spacial score (nSPS) is 10.5. The fourth-order valence-corrected chi connectivity index (χ4v) is 3.45. The molecule has 0 bridgehead atoms. The molecule has 0 fully saturated rings. The summed E-state index contributed by atoms with van der Waals surface area (Å²) in [7, 11) is 0. The average Bonchev–Trinajstić information content (AvgIpc) is 2.93. The second-order valence-electron chi connectivity index (χ2n) is 5.84. The Bertz CT molecular complexity index is 859. The fourth-order valence-electron chi connectivity index (χ4n) is 2.44. The second-order valence-corrected chi connectivity index (χ2v) is 6.93. The zero-order valence-corrected chi connectivity index (χ0v) is 15.1. The lowest BCUT2D eigenvalue weighted by atomic mass is 10.1. The molecule has 2 aromatic carbocycles. The van der Waals surface area contributed by atoms with E-state index in [1.807, 2.05) is 56.3 Å². The van der Waals surface area contributed by atoms with Gasteiger partial charge in [0.2, 0.25) is 0 Å². The van der Waals surface area contributed by atoms with Gasteiger partial charge in [-0.15, -0.1) is 11.3 Å². The molecular formula is C20H20N2O2S. The zero-order chi connectivity index (χ0) is 17.6. The Morgan fingerprint density at radius 3 is 2.68 bits per heavy atom. The van der Waals surface area contributed by atoms with Gasteiger partial charge in [-0.2, -0.15) is 0 Å². The number of amides is 1. The largest absolute Gasteiger partial charge is 0.484 e. The Morgan fingerprint density at radius 2 is 1.92 bits per heavy atom. The van der Waals surface area contributed by atoms with Crippen molar-refractivity contribution in [1.82, 2.24) is 4.98 Å². The topological polar surface area (TPSA) is 51.2 Å². The highest BCUT2D eigenvalue weighted by Gasteiger charge is 2.11. The van der Waals surface area contributed by atoms with E-state index in [2.05, 4.69) is 22.4 Å². The van der Waals surface area contributed by atoms with Crippen molar-refractivity contribution in [2.45, 2.75) is 20.3 Å². The molecule has 5 heteroatoms. The monoisotopic (exact) mass is 352 g/mol. The molecule has 1 amide bonds. The van der Waals surface area contributed by atoms with Crippen LogP contribution in [0.25, 0.3) is 0 Å². The first-order valence-electron chi connectivity index (χ1n) is 8.10. The molecule has 0 unspecified atom stereocenters. The lowest BCUT2D eigenvalue weighted by Gasteiger charge is -2.06. The maximum absolute atomic E-state index is 12.1. The predicted octanol–water partition coefficient (Wildman–Crippen LogP) is 4.37. The van der Waals surface area contributed by atoms with Gasteiger partial charge in [-0.3, -0.25) is 10.1 Å². The summed E-state index contributed by atoms with van der Waals surface area (Å²) in [5.41, 5.74) is 3.28. The number of anilines is 1. The number of rotatable bonds is 6. The molecule has 3 aromatic rings. The quantitative estimate of drug-likeness (QED) is 0.717. The second kappa shape index (κ2) is 7.94. The van der Waals surface area contributed by atoms with Crippen LogP contribution in [-0.2, 0) is 11.2 Å². The number of aromatic nitrogens is 1. The summed E-state index contributed by atoms with van der Waals surface area (Å²) in [5.74, 6) is 0.483. The smallest absolute Gasteiger partial charge is 0.264 e. The number of carbonyl (C=O) groups excluding carboxylic acids is 1. The number of benzene rings is 2. The van der Waals surface area contributed by atoms with Gasteiger partial charge >= 0.3 is 0 Å². The molecule has 0 radical (unpaired) electrons. The van der Waals surface area contributed by atoms with E-state index in [1.165, 1.54) is 16.9 Å². The SMILES string of the molecule is Cc1cccc(OCC(=O)Nc2nc(C)c(Cc3ccccc3)s2)c1. The van der Waals surface area contributed by atoms with Crippen molar-refractivity contribution < 1.29 is 9.53 Å². The van der Waals surface area contributed by atoms with Crippen molar-refractivity contribution in [2.24, 2.45) is 0 Å². The molecule has 0 aliphatic carbocycles. The van der Waals surface area contributed by atoms with Crippen LogP contribution in [0.5, 0.6) is 5.75 Å². The highest BCUT2D eigenvalue weighted by Crippen LogP contribution is 2.25. The Balaban J connectivity index is 1.57. The van der Waals surface area contributed by atoms with E-state index < -0.39 is 0 Å². The third-order valence-electron chi connectivity index (χ3n) is 3.71. The van der Waals surface area contributed by atoms with Crippen molar-refractivity contribution >= 4 is 22.4 Å². The number of hydrogen-bond donors (Lipinski definition) is 1. The summed E-state index contributed by atoms with van der Waals surface area (Å²) >= 11 is 1.51. The molecule has 0 spiro atoms. The molecule has 1 heterocycles. The summed E-state index contributed by atoms with van der Waals surface area (Å²) in [6.07, 6.45) is 0.819. The summed E-state index contributed by atoms with van der Waals surface area (Å²) in [6.45, 7) is 3.92. The lowest BCUT2D eigenvalue weighted by Crippen LogP contribution is -2.20. The zero-order valence-electron chi connectivity index (χ0n) is 14.3. The number of nitrogens with one attached hydrogen (secondary N) is 1.